The Labute approximate surface area is 180 Å². The smallest absolute Gasteiger partial charge is 0.166 e. The fraction of sp³-hybridized carbons (Fsp3) is 0.227. The van der Waals surface area contributed by atoms with Crippen molar-refractivity contribution in [2.45, 2.75) is 25.4 Å². The molecule has 1 atom stereocenters. The van der Waals surface area contributed by atoms with Gasteiger partial charge >= 0.3 is 0 Å². The third-order valence-corrected chi connectivity index (χ3v) is 6.91. The number of nitrogens with zero attached hydrogens (tertiary/aromatic N) is 3. The highest BCUT2D eigenvalue weighted by atomic mass is 79.9. The van der Waals surface area contributed by atoms with E-state index in [4.69, 9.17) is 9.84 Å². The van der Waals surface area contributed by atoms with Crippen molar-refractivity contribution in [1.82, 2.24) is 14.6 Å². The van der Waals surface area contributed by atoms with Crippen LogP contribution in [0.5, 0.6) is 0 Å². The number of aromatic nitrogens is 3. The zero-order valence-electron chi connectivity index (χ0n) is 15.8. The summed E-state index contributed by atoms with van der Waals surface area (Å²) in [5.74, 6) is 0.319. The van der Waals surface area contributed by atoms with Crippen LogP contribution in [-0.4, -0.2) is 27.5 Å². The van der Waals surface area contributed by atoms with Crippen LogP contribution < -0.4 is 0 Å². The fourth-order valence-corrected chi connectivity index (χ4v) is 5.11. The number of ketones is 1. The standard InChI is InChI=1S/C22H18BrN3O2S/c1-28-12-17-21(13-4-6-15(23)7-5-13)22-24-11-16-18(26(22)25-17)9-14(10-19(16)27)20-3-2-8-29-20/h2-8,11,14H,9-10,12H2,1H3/t14-/m1/s1. The first-order chi connectivity index (χ1) is 14.2. The lowest BCUT2D eigenvalue weighted by atomic mass is 9.85. The molecule has 0 radical (unpaired) electrons. The summed E-state index contributed by atoms with van der Waals surface area (Å²) in [4.78, 5) is 18.7. The molecule has 1 aliphatic carbocycles. The summed E-state index contributed by atoms with van der Waals surface area (Å²) in [6.07, 6.45) is 3.01. The summed E-state index contributed by atoms with van der Waals surface area (Å²) in [5.41, 5.74) is 5.18. The van der Waals surface area contributed by atoms with E-state index in [0.717, 1.165) is 39.1 Å². The number of hydrogen-bond acceptors (Lipinski definition) is 5. The number of benzene rings is 1. The molecule has 7 heteroatoms. The Hall–Kier alpha value is -2.35. The van der Waals surface area contributed by atoms with E-state index in [9.17, 15) is 4.79 Å². The lowest BCUT2D eigenvalue weighted by Gasteiger charge is -2.23. The van der Waals surface area contributed by atoms with Crippen molar-refractivity contribution in [3.8, 4) is 11.1 Å². The molecule has 1 aromatic carbocycles. The van der Waals surface area contributed by atoms with Crippen LogP contribution in [0.3, 0.4) is 0 Å². The SMILES string of the molecule is COCc1nn2c3c(cnc2c1-c1ccc(Br)cc1)C(=O)C[C@H](c1cccs1)C3. The van der Waals surface area contributed by atoms with E-state index in [1.54, 1.807) is 24.6 Å². The minimum absolute atomic E-state index is 0.132. The average Bonchev–Trinajstić information content (AvgIpc) is 3.37. The Kier molecular flexibility index (Phi) is 4.81. The summed E-state index contributed by atoms with van der Waals surface area (Å²) < 4.78 is 8.28. The Morgan fingerprint density at radius 3 is 2.79 bits per heavy atom. The van der Waals surface area contributed by atoms with Crippen molar-refractivity contribution < 1.29 is 9.53 Å². The van der Waals surface area contributed by atoms with Crippen molar-refractivity contribution in [3.05, 3.63) is 74.3 Å². The Morgan fingerprint density at radius 2 is 2.07 bits per heavy atom. The van der Waals surface area contributed by atoms with Gasteiger partial charge in [0.05, 0.1) is 29.1 Å². The zero-order valence-corrected chi connectivity index (χ0v) is 18.2. The number of fused-ring (bicyclic) bond motifs is 3. The molecule has 5 nitrogen and oxygen atoms in total. The van der Waals surface area contributed by atoms with Crippen LogP contribution in [-0.2, 0) is 17.8 Å². The highest BCUT2D eigenvalue weighted by Crippen LogP contribution is 2.37. The zero-order chi connectivity index (χ0) is 20.0. The van der Waals surface area contributed by atoms with Gasteiger partial charge in [0.1, 0.15) is 0 Å². The first kappa shape index (κ1) is 18.7. The first-order valence-electron chi connectivity index (χ1n) is 9.36. The molecule has 0 saturated heterocycles. The number of carbonyl (C=O) groups excluding carboxylic acids is 1. The van der Waals surface area contributed by atoms with E-state index in [1.807, 2.05) is 34.8 Å². The molecule has 0 saturated carbocycles. The Balaban J connectivity index is 1.70. The van der Waals surface area contributed by atoms with Crippen LogP contribution in [0.2, 0.25) is 0 Å². The maximum atomic E-state index is 12.9. The summed E-state index contributed by atoms with van der Waals surface area (Å²) in [6, 6.07) is 12.2. The number of methoxy groups -OCH3 is 1. The Morgan fingerprint density at radius 1 is 1.24 bits per heavy atom. The van der Waals surface area contributed by atoms with Gasteiger partial charge in [0.2, 0.25) is 0 Å². The monoisotopic (exact) mass is 467 g/mol. The molecule has 0 spiro atoms. The number of rotatable bonds is 4. The highest BCUT2D eigenvalue weighted by molar-refractivity contribution is 9.10. The minimum Gasteiger partial charge on any atom is -0.378 e. The molecule has 1 aliphatic rings. The number of hydrogen-bond donors (Lipinski definition) is 0. The average molecular weight is 468 g/mol. The second-order valence-corrected chi connectivity index (χ2v) is 9.05. The van der Waals surface area contributed by atoms with E-state index in [1.165, 1.54) is 4.88 Å². The first-order valence-corrected chi connectivity index (χ1v) is 11.0. The van der Waals surface area contributed by atoms with Gasteiger partial charge in [-0.3, -0.25) is 4.79 Å². The molecular weight excluding hydrogens is 450 g/mol. The topological polar surface area (TPSA) is 56.5 Å². The summed E-state index contributed by atoms with van der Waals surface area (Å²) in [6.45, 7) is 0.381. The van der Waals surface area contributed by atoms with Gasteiger partial charge in [-0.25, -0.2) is 9.50 Å². The lowest BCUT2D eigenvalue weighted by molar-refractivity contribution is 0.0962. The van der Waals surface area contributed by atoms with Crippen molar-refractivity contribution in [3.63, 3.8) is 0 Å². The molecule has 146 valence electrons. The summed E-state index contributed by atoms with van der Waals surface area (Å²) in [5, 5.41) is 6.90. The second kappa shape index (κ2) is 7.48. The van der Waals surface area contributed by atoms with E-state index in [-0.39, 0.29) is 11.7 Å². The third-order valence-electron chi connectivity index (χ3n) is 5.35. The van der Waals surface area contributed by atoms with Gasteiger partial charge in [-0.05, 0) is 35.6 Å². The molecule has 3 heterocycles. The maximum Gasteiger partial charge on any atom is 0.166 e. The lowest BCUT2D eigenvalue weighted by Crippen LogP contribution is -2.22. The number of halogens is 1. The molecule has 3 aromatic heterocycles. The predicted octanol–water partition coefficient (Wildman–Crippen LogP) is 5.28. The normalized spacial score (nSPS) is 16.3. The number of carbonyl (C=O) groups is 1. The van der Waals surface area contributed by atoms with Gasteiger partial charge in [0, 0.05) is 35.0 Å². The fourth-order valence-electron chi connectivity index (χ4n) is 4.02. The van der Waals surface area contributed by atoms with Gasteiger partial charge in [-0.15, -0.1) is 11.3 Å². The van der Waals surface area contributed by atoms with Crippen LogP contribution in [0.25, 0.3) is 16.8 Å². The molecule has 0 amide bonds. The van der Waals surface area contributed by atoms with E-state index < -0.39 is 0 Å². The molecule has 5 rings (SSSR count). The van der Waals surface area contributed by atoms with Gasteiger partial charge < -0.3 is 4.74 Å². The van der Waals surface area contributed by atoms with Crippen molar-refractivity contribution in [2.75, 3.05) is 7.11 Å². The summed E-state index contributed by atoms with van der Waals surface area (Å²) in [7, 11) is 1.66. The molecular formula is C22H18BrN3O2S. The van der Waals surface area contributed by atoms with Crippen LogP contribution >= 0.6 is 27.3 Å². The van der Waals surface area contributed by atoms with Crippen molar-refractivity contribution in [2.24, 2.45) is 0 Å². The van der Waals surface area contributed by atoms with Gasteiger partial charge in [-0.1, -0.05) is 34.1 Å². The quantitative estimate of drug-likeness (QED) is 0.409. The number of Topliss-reactive ketones (excluding diaryl/α,β-unsaturated/α-hetero) is 1. The molecule has 4 aromatic rings. The summed E-state index contributed by atoms with van der Waals surface area (Å²) >= 11 is 5.20. The molecule has 0 N–H and O–H groups in total. The van der Waals surface area contributed by atoms with Crippen LogP contribution in [0.15, 0.2) is 52.4 Å². The van der Waals surface area contributed by atoms with E-state index >= 15 is 0 Å². The van der Waals surface area contributed by atoms with E-state index in [0.29, 0.717) is 18.6 Å². The molecule has 0 fully saturated rings. The van der Waals surface area contributed by atoms with Gasteiger partial charge in [0.15, 0.2) is 11.4 Å². The van der Waals surface area contributed by atoms with Crippen molar-refractivity contribution >= 4 is 38.7 Å². The van der Waals surface area contributed by atoms with Crippen LogP contribution in [0.4, 0.5) is 0 Å². The van der Waals surface area contributed by atoms with E-state index in [2.05, 4.69) is 32.4 Å². The highest BCUT2D eigenvalue weighted by Gasteiger charge is 2.31. The molecule has 0 bridgehead atoms. The maximum absolute atomic E-state index is 12.9. The largest absolute Gasteiger partial charge is 0.378 e. The number of ether oxygens (including phenoxy) is 1. The minimum atomic E-state index is 0.132. The molecule has 0 unspecified atom stereocenters. The molecule has 29 heavy (non-hydrogen) atoms. The molecule has 0 aliphatic heterocycles. The predicted molar refractivity (Wildman–Crippen MR) is 117 cm³/mol. The Bertz CT molecular complexity index is 1200. The number of thiophene rings is 1. The third kappa shape index (κ3) is 3.23. The van der Waals surface area contributed by atoms with Crippen molar-refractivity contribution in [1.29, 1.82) is 0 Å². The van der Waals surface area contributed by atoms with Crippen LogP contribution in [0, 0.1) is 0 Å². The van der Waals surface area contributed by atoms with Gasteiger partial charge in [0.25, 0.3) is 0 Å². The van der Waals surface area contributed by atoms with Crippen LogP contribution in [0.1, 0.15) is 39.0 Å². The second-order valence-electron chi connectivity index (χ2n) is 7.16. The van der Waals surface area contributed by atoms with Gasteiger partial charge in [-0.2, -0.15) is 5.10 Å².